The first kappa shape index (κ1) is 15.2. The summed E-state index contributed by atoms with van der Waals surface area (Å²) in [5, 5.41) is 11.6. The SMILES string of the molecule is COC(=O)c1c(NC(=O)C(C)C(=O)O)sc(C)c1C. The molecule has 0 saturated heterocycles. The molecule has 104 valence electrons. The van der Waals surface area contributed by atoms with Crippen LogP contribution < -0.4 is 5.32 Å². The van der Waals surface area contributed by atoms with E-state index in [1.165, 1.54) is 25.4 Å². The number of ether oxygens (including phenoxy) is 1. The summed E-state index contributed by atoms with van der Waals surface area (Å²) in [5.41, 5.74) is 0.992. The molecule has 0 bridgehead atoms. The van der Waals surface area contributed by atoms with Crippen molar-refractivity contribution in [3.8, 4) is 0 Å². The second-order valence-corrected chi connectivity index (χ2v) is 5.25. The van der Waals surface area contributed by atoms with E-state index in [-0.39, 0.29) is 5.56 Å². The number of aliphatic carboxylic acids is 1. The molecule has 0 aliphatic heterocycles. The molecule has 19 heavy (non-hydrogen) atoms. The largest absolute Gasteiger partial charge is 0.481 e. The van der Waals surface area contributed by atoms with Crippen LogP contribution in [0, 0.1) is 19.8 Å². The lowest BCUT2D eigenvalue weighted by Gasteiger charge is -2.08. The number of hydrogen-bond donors (Lipinski definition) is 2. The van der Waals surface area contributed by atoms with Crippen LogP contribution in [0.5, 0.6) is 0 Å². The molecule has 0 radical (unpaired) electrons. The zero-order chi connectivity index (χ0) is 14.7. The smallest absolute Gasteiger partial charge is 0.341 e. The van der Waals surface area contributed by atoms with Crippen molar-refractivity contribution in [1.82, 2.24) is 0 Å². The van der Waals surface area contributed by atoms with Crippen LogP contribution in [0.4, 0.5) is 5.00 Å². The van der Waals surface area contributed by atoms with E-state index in [0.29, 0.717) is 5.00 Å². The van der Waals surface area contributed by atoms with Gasteiger partial charge in [0.05, 0.1) is 12.7 Å². The molecule has 0 saturated carbocycles. The Morgan fingerprint density at radius 2 is 1.89 bits per heavy atom. The molecule has 1 aromatic heterocycles. The first-order valence-corrected chi connectivity index (χ1v) is 6.33. The Hall–Kier alpha value is -1.89. The van der Waals surface area contributed by atoms with Crippen molar-refractivity contribution >= 4 is 34.2 Å². The lowest BCUT2D eigenvalue weighted by molar-refractivity contribution is -0.144. The predicted octanol–water partition coefficient (Wildman–Crippen LogP) is 1.81. The summed E-state index contributed by atoms with van der Waals surface area (Å²) in [4.78, 5) is 35.0. The molecule has 0 aliphatic carbocycles. The summed E-state index contributed by atoms with van der Waals surface area (Å²) in [6.07, 6.45) is 0. The first-order valence-electron chi connectivity index (χ1n) is 5.51. The Morgan fingerprint density at radius 3 is 2.37 bits per heavy atom. The third-order valence-electron chi connectivity index (χ3n) is 2.78. The van der Waals surface area contributed by atoms with E-state index in [1.807, 2.05) is 6.92 Å². The van der Waals surface area contributed by atoms with Gasteiger partial charge in [0, 0.05) is 4.88 Å². The number of amides is 1. The van der Waals surface area contributed by atoms with Crippen molar-refractivity contribution in [3.63, 3.8) is 0 Å². The highest BCUT2D eigenvalue weighted by molar-refractivity contribution is 7.16. The number of anilines is 1. The summed E-state index contributed by atoms with van der Waals surface area (Å²) in [6, 6.07) is 0. The van der Waals surface area contributed by atoms with E-state index in [4.69, 9.17) is 5.11 Å². The molecule has 0 aliphatic rings. The molecule has 0 aromatic carbocycles. The number of hydrogen-bond acceptors (Lipinski definition) is 5. The van der Waals surface area contributed by atoms with Gasteiger partial charge in [-0.25, -0.2) is 4.79 Å². The van der Waals surface area contributed by atoms with Crippen molar-refractivity contribution < 1.29 is 24.2 Å². The maximum atomic E-state index is 11.7. The van der Waals surface area contributed by atoms with E-state index >= 15 is 0 Å². The molecule has 0 spiro atoms. The number of methoxy groups -OCH3 is 1. The highest BCUT2D eigenvalue weighted by Gasteiger charge is 2.25. The van der Waals surface area contributed by atoms with Gasteiger partial charge in [-0.2, -0.15) is 0 Å². The molecule has 2 N–H and O–H groups in total. The quantitative estimate of drug-likeness (QED) is 0.650. The van der Waals surface area contributed by atoms with Gasteiger partial charge >= 0.3 is 11.9 Å². The Bertz CT molecular complexity index is 534. The van der Waals surface area contributed by atoms with Crippen molar-refractivity contribution in [2.75, 3.05) is 12.4 Å². The predicted molar refractivity (Wildman–Crippen MR) is 70.6 cm³/mol. The maximum absolute atomic E-state index is 11.7. The fourth-order valence-electron chi connectivity index (χ4n) is 1.40. The standard InChI is InChI=1S/C12H15NO5S/c1-5-7(3)19-10(8(5)12(17)18-4)13-9(14)6(2)11(15)16/h6H,1-4H3,(H,13,14)(H,15,16). The number of thiophene rings is 1. The number of carbonyl (C=O) groups excluding carboxylic acids is 2. The van der Waals surface area contributed by atoms with Crippen LogP contribution in [0.2, 0.25) is 0 Å². The van der Waals surface area contributed by atoms with E-state index in [0.717, 1.165) is 10.4 Å². The normalized spacial score (nSPS) is 11.8. The summed E-state index contributed by atoms with van der Waals surface area (Å²) in [7, 11) is 1.25. The molecule has 1 amide bonds. The molecule has 6 nitrogen and oxygen atoms in total. The molecular formula is C12H15NO5S. The van der Waals surface area contributed by atoms with Gasteiger partial charge in [0.25, 0.3) is 0 Å². The van der Waals surface area contributed by atoms with Crippen molar-refractivity contribution in [3.05, 3.63) is 16.0 Å². The van der Waals surface area contributed by atoms with Crippen LogP contribution in [0.1, 0.15) is 27.7 Å². The molecule has 1 atom stereocenters. The average Bonchev–Trinajstić information content (AvgIpc) is 2.62. The van der Waals surface area contributed by atoms with Gasteiger partial charge in [-0.3, -0.25) is 9.59 Å². The number of carbonyl (C=O) groups is 3. The number of rotatable bonds is 4. The van der Waals surface area contributed by atoms with Gasteiger partial charge in [-0.15, -0.1) is 11.3 Å². The van der Waals surface area contributed by atoms with Gasteiger partial charge < -0.3 is 15.2 Å². The van der Waals surface area contributed by atoms with Crippen molar-refractivity contribution in [2.45, 2.75) is 20.8 Å². The fraction of sp³-hybridized carbons (Fsp3) is 0.417. The summed E-state index contributed by atoms with van der Waals surface area (Å²) in [6.45, 7) is 4.83. The summed E-state index contributed by atoms with van der Waals surface area (Å²) in [5.74, 6) is -3.63. The minimum atomic E-state index is -1.22. The summed E-state index contributed by atoms with van der Waals surface area (Å²) >= 11 is 1.22. The Balaban J connectivity index is 3.08. The zero-order valence-electron chi connectivity index (χ0n) is 11.1. The minimum absolute atomic E-state index is 0.274. The lowest BCUT2D eigenvalue weighted by atomic mass is 10.1. The number of carboxylic acid groups (broad SMARTS) is 1. The fourth-order valence-corrected chi connectivity index (χ4v) is 2.45. The second kappa shape index (κ2) is 5.83. The van der Waals surface area contributed by atoms with E-state index in [9.17, 15) is 14.4 Å². The van der Waals surface area contributed by atoms with Gasteiger partial charge in [-0.05, 0) is 26.3 Å². The topological polar surface area (TPSA) is 92.7 Å². The Kier molecular flexibility index (Phi) is 4.66. The van der Waals surface area contributed by atoms with E-state index in [1.54, 1.807) is 6.92 Å². The molecule has 1 heterocycles. The number of carboxylic acids is 1. The zero-order valence-corrected chi connectivity index (χ0v) is 11.9. The van der Waals surface area contributed by atoms with Crippen LogP contribution in [0.3, 0.4) is 0 Å². The molecule has 1 unspecified atom stereocenters. The third-order valence-corrected chi connectivity index (χ3v) is 3.90. The van der Waals surface area contributed by atoms with Crippen LogP contribution in [-0.2, 0) is 14.3 Å². The van der Waals surface area contributed by atoms with Crippen LogP contribution in [0.25, 0.3) is 0 Å². The van der Waals surface area contributed by atoms with Crippen LogP contribution in [-0.4, -0.2) is 30.1 Å². The third kappa shape index (κ3) is 3.11. The molecule has 1 aromatic rings. The van der Waals surface area contributed by atoms with Gasteiger partial charge in [0.1, 0.15) is 10.9 Å². The van der Waals surface area contributed by atoms with Crippen LogP contribution in [0.15, 0.2) is 0 Å². The Morgan fingerprint density at radius 1 is 1.32 bits per heavy atom. The number of nitrogens with one attached hydrogen (secondary N) is 1. The second-order valence-electron chi connectivity index (χ2n) is 4.03. The molecule has 7 heteroatoms. The maximum Gasteiger partial charge on any atom is 0.341 e. The Labute approximate surface area is 114 Å². The van der Waals surface area contributed by atoms with E-state index in [2.05, 4.69) is 10.1 Å². The molecule has 0 fully saturated rings. The lowest BCUT2D eigenvalue weighted by Crippen LogP contribution is -2.27. The minimum Gasteiger partial charge on any atom is -0.481 e. The monoisotopic (exact) mass is 285 g/mol. The van der Waals surface area contributed by atoms with Crippen LogP contribution >= 0.6 is 11.3 Å². The molecular weight excluding hydrogens is 270 g/mol. The van der Waals surface area contributed by atoms with Gasteiger partial charge in [0.15, 0.2) is 0 Å². The number of aryl methyl sites for hydroxylation is 1. The van der Waals surface area contributed by atoms with Crippen molar-refractivity contribution in [2.24, 2.45) is 5.92 Å². The number of esters is 1. The highest BCUT2D eigenvalue weighted by atomic mass is 32.1. The summed E-state index contributed by atoms with van der Waals surface area (Å²) < 4.78 is 4.66. The van der Waals surface area contributed by atoms with Gasteiger partial charge in [-0.1, -0.05) is 0 Å². The van der Waals surface area contributed by atoms with Gasteiger partial charge in [0.2, 0.25) is 5.91 Å². The average molecular weight is 285 g/mol. The van der Waals surface area contributed by atoms with E-state index < -0.39 is 23.8 Å². The highest BCUT2D eigenvalue weighted by Crippen LogP contribution is 2.33. The first-order chi connectivity index (χ1) is 8.79. The van der Waals surface area contributed by atoms with Crippen molar-refractivity contribution in [1.29, 1.82) is 0 Å². The molecule has 1 rings (SSSR count).